The number of carbonyl (C=O) groups is 3. The van der Waals surface area contributed by atoms with Gasteiger partial charge in [-0.3, -0.25) is 9.59 Å². The normalized spacial score (nSPS) is 26.8. The van der Waals surface area contributed by atoms with Crippen molar-refractivity contribution in [3.63, 3.8) is 0 Å². The van der Waals surface area contributed by atoms with Crippen LogP contribution in [0.1, 0.15) is 74.8 Å². The molecule has 3 N–H and O–H groups in total. The lowest BCUT2D eigenvalue weighted by atomic mass is 9.75. The Labute approximate surface area is 282 Å². The van der Waals surface area contributed by atoms with Crippen LogP contribution < -0.4 is 11.1 Å². The number of rotatable bonds is 15. The van der Waals surface area contributed by atoms with E-state index in [1.807, 2.05) is 4.90 Å². The van der Waals surface area contributed by atoms with Crippen molar-refractivity contribution in [3.05, 3.63) is 30.0 Å². The molecule has 1 aromatic heterocycles. The van der Waals surface area contributed by atoms with E-state index in [2.05, 4.69) is 5.32 Å². The van der Waals surface area contributed by atoms with E-state index in [0.717, 1.165) is 44.9 Å². The summed E-state index contributed by atoms with van der Waals surface area (Å²) in [5.41, 5.74) is 7.03. The van der Waals surface area contributed by atoms with Gasteiger partial charge >= 0.3 is 5.97 Å². The molecule has 2 amide bonds. The summed E-state index contributed by atoms with van der Waals surface area (Å²) in [5, 5.41) is 3.74. The van der Waals surface area contributed by atoms with Crippen LogP contribution in [0.5, 0.6) is 0 Å². The lowest BCUT2D eigenvalue weighted by Crippen LogP contribution is -2.50. The molecule has 0 bridgehead atoms. The summed E-state index contributed by atoms with van der Waals surface area (Å²) in [4.78, 5) is 42.5. The Kier molecular flexibility index (Phi) is 13.2. The van der Waals surface area contributed by atoms with E-state index < -0.39 is 24.7 Å². The van der Waals surface area contributed by atoms with Crippen molar-refractivity contribution in [2.75, 3.05) is 59.2 Å². The number of ether oxygens (including phenoxy) is 4. The summed E-state index contributed by atoms with van der Waals surface area (Å²) in [6.07, 6.45) is 8.15. The molecule has 0 radical (unpaired) electrons. The zero-order valence-corrected chi connectivity index (χ0v) is 28.3. The van der Waals surface area contributed by atoms with Crippen LogP contribution in [-0.4, -0.2) is 94.7 Å². The van der Waals surface area contributed by atoms with Crippen LogP contribution in [0, 0.1) is 23.7 Å². The van der Waals surface area contributed by atoms with Gasteiger partial charge in [0.15, 0.2) is 0 Å². The minimum atomic E-state index is -0.587. The van der Waals surface area contributed by atoms with E-state index in [4.69, 9.17) is 29.1 Å². The maximum atomic E-state index is 14.1. The first-order chi connectivity index (χ1) is 23.3. The molecule has 2 aliphatic carbocycles. The largest absolute Gasteiger partial charge is 0.460 e. The number of nitrogens with two attached hydrogens (primary N) is 1. The number of benzene rings is 1. The maximum absolute atomic E-state index is 14.1. The van der Waals surface area contributed by atoms with Crippen molar-refractivity contribution >= 4 is 34.4 Å². The van der Waals surface area contributed by atoms with E-state index >= 15 is 0 Å². The number of methoxy groups -OCH3 is 2. The molecule has 1 saturated heterocycles. The molecule has 3 atom stereocenters. The van der Waals surface area contributed by atoms with Gasteiger partial charge in [0.1, 0.15) is 18.3 Å². The highest BCUT2D eigenvalue weighted by Gasteiger charge is 2.47. The SMILES string of the molecule is COCCOCCCOC(=O)c1cc2cc(NC(=O)C3C(C4CCC(OC)CC4)CCN3C(=O)C3CCC([C@H](N)CF)CC3)ccc2o1. The maximum Gasteiger partial charge on any atom is 0.374 e. The number of esters is 1. The van der Waals surface area contributed by atoms with Crippen LogP contribution in [0.4, 0.5) is 10.1 Å². The standard InChI is InChI=1S/C36H52FN3O8/c1-44-18-19-46-16-3-17-47-36(43)32-21-26-20-27(10-13-31(26)48-32)39-34(41)33-29(23-8-11-28(45-2)12-9-23)14-15-40(33)35(42)25-6-4-24(5-7-25)30(38)22-37/h10,13,20-21,23-25,28-30,33H,3-9,11-12,14-19,22,38H2,1-2H3,(H,39,41)/t23?,24?,25?,28?,29?,30-,33?/m1/s1. The van der Waals surface area contributed by atoms with Crippen molar-refractivity contribution in [3.8, 4) is 0 Å². The van der Waals surface area contributed by atoms with Gasteiger partial charge < -0.3 is 39.3 Å². The van der Waals surface area contributed by atoms with Crippen molar-refractivity contribution in [1.29, 1.82) is 0 Å². The Morgan fingerprint density at radius 2 is 1.75 bits per heavy atom. The van der Waals surface area contributed by atoms with Gasteiger partial charge in [0.2, 0.25) is 17.6 Å². The van der Waals surface area contributed by atoms with E-state index in [1.165, 1.54) is 0 Å². The fourth-order valence-electron chi connectivity index (χ4n) is 7.88. The summed E-state index contributed by atoms with van der Waals surface area (Å²) in [5.74, 6) is -0.400. The van der Waals surface area contributed by atoms with E-state index in [9.17, 15) is 18.8 Å². The Hall–Kier alpha value is -3.06. The number of nitrogens with one attached hydrogen (secondary N) is 1. The third kappa shape index (κ3) is 8.94. The second-order valence-corrected chi connectivity index (χ2v) is 13.6. The van der Waals surface area contributed by atoms with Gasteiger partial charge in [0.25, 0.3) is 0 Å². The number of carbonyl (C=O) groups excluding carboxylic acids is 3. The Bertz CT molecular complexity index is 1350. The number of hydrogen-bond donors (Lipinski definition) is 2. The molecule has 2 unspecified atom stereocenters. The molecule has 11 nitrogen and oxygen atoms in total. The second kappa shape index (κ2) is 17.6. The zero-order valence-electron chi connectivity index (χ0n) is 28.3. The number of amides is 2. The molecule has 2 aromatic rings. The molecule has 1 aliphatic heterocycles. The van der Waals surface area contributed by atoms with Crippen LogP contribution in [0.2, 0.25) is 0 Å². The van der Waals surface area contributed by atoms with Crippen molar-refractivity contribution in [2.24, 2.45) is 29.4 Å². The lowest BCUT2D eigenvalue weighted by molar-refractivity contribution is -0.142. The van der Waals surface area contributed by atoms with Crippen LogP contribution in [0.15, 0.2) is 28.7 Å². The molecule has 266 valence electrons. The third-order valence-electron chi connectivity index (χ3n) is 10.6. The Balaban J connectivity index is 1.25. The zero-order chi connectivity index (χ0) is 34.0. The van der Waals surface area contributed by atoms with Gasteiger partial charge in [-0.1, -0.05) is 0 Å². The van der Waals surface area contributed by atoms with Crippen LogP contribution in [-0.2, 0) is 28.5 Å². The second-order valence-electron chi connectivity index (χ2n) is 13.6. The molecule has 2 heterocycles. The van der Waals surface area contributed by atoms with Crippen LogP contribution in [0.25, 0.3) is 11.0 Å². The van der Waals surface area contributed by atoms with Crippen molar-refractivity contribution in [1.82, 2.24) is 4.90 Å². The molecule has 48 heavy (non-hydrogen) atoms. The monoisotopic (exact) mass is 673 g/mol. The fraction of sp³-hybridized carbons (Fsp3) is 0.694. The average molecular weight is 674 g/mol. The van der Waals surface area contributed by atoms with Gasteiger partial charge in [-0.2, -0.15) is 0 Å². The number of nitrogens with zero attached hydrogens (tertiary/aromatic N) is 1. The molecule has 3 aliphatic rings. The molecule has 1 aromatic carbocycles. The Morgan fingerprint density at radius 1 is 0.979 bits per heavy atom. The van der Waals surface area contributed by atoms with Crippen LogP contribution >= 0.6 is 0 Å². The van der Waals surface area contributed by atoms with Gasteiger partial charge in [0, 0.05) is 56.8 Å². The number of furan rings is 1. The first kappa shape index (κ1) is 36.2. The van der Waals surface area contributed by atoms with Gasteiger partial charge in [-0.25, -0.2) is 9.18 Å². The lowest BCUT2D eigenvalue weighted by Gasteiger charge is -2.37. The molecule has 5 rings (SSSR count). The van der Waals surface area contributed by atoms with E-state index in [0.29, 0.717) is 68.2 Å². The summed E-state index contributed by atoms with van der Waals surface area (Å²) in [6.45, 7) is 1.64. The van der Waals surface area contributed by atoms with Crippen molar-refractivity contribution in [2.45, 2.75) is 82.4 Å². The molecule has 12 heteroatoms. The molecule has 3 fully saturated rings. The summed E-state index contributed by atoms with van der Waals surface area (Å²) >= 11 is 0. The summed E-state index contributed by atoms with van der Waals surface area (Å²) < 4.78 is 40.2. The smallest absolute Gasteiger partial charge is 0.374 e. The molecule has 0 spiro atoms. The Morgan fingerprint density at radius 3 is 2.46 bits per heavy atom. The molecule has 2 saturated carbocycles. The molecular weight excluding hydrogens is 621 g/mol. The predicted molar refractivity (Wildman–Crippen MR) is 178 cm³/mol. The first-order valence-electron chi connectivity index (χ1n) is 17.6. The first-order valence-corrected chi connectivity index (χ1v) is 17.6. The topological polar surface area (TPSA) is 143 Å². The number of fused-ring (bicyclic) bond motifs is 1. The third-order valence-corrected chi connectivity index (χ3v) is 10.6. The van der Waals surface area contributed by atoms with Crippen LogP contribution in [0.3, 0.4) is 0 Å². The highest BCUT2D eigenvalue weighted by atomic mass is 19.1. The number of hydrogen-bond acceptors (Lipinski definition) is 9. The van der Waals surface area contributed by atoms with Gasteiger partial charge in [0.05, 0.1) is 25.9 Å². The number of halogens is 1. The number of anilines is 1. The minimum absolute atomic E-state index is 0.0190. The van der Waals surface area contributed by atoms with Crippen molar-refractivity contribution < 1.29 is 42.1 Å². The average Bonchev–Trinajstić information content (AvgIpc) is 3.76. The fourth-order valence-corrected chi connectivity index (χ4v) is 7.88. The minimum Gasteiger partial charge on any atom is -0.460 e. The summed E-state index contributed by atoms with van der Waals surface area (Å²) in [6, 6.07) is 5.77. The highest BCUT2D eigenvalue weighted by Crippen LogP contribution is 2.42. The quantitative estimate of drug-likeness (QED) is 0.195. The number of likely N-dealkylation sites (tertiary alicyclic amines) is 1. The van der Waals surface area contributed by atoms with E-state index in [1.54, 1.807) is 38.5 Å². The predicted octanol–water partition coefficient (Wildman–Crippen LogP) is 5.11. The van der Waals surface area contributed by atoms with Gasteiger partial charge in [-0.15, -0.1) is 0 Å². The molecular formula is C36H52FN3O8. The highest BCUT2D eigenvalue weighted by molar-refractivity contribution is 6.00. The van der Waals surface area contributed by atoms with E-state index in [-0.39, 0.29) is 48.0 Å². The van der Waals surface area contributed by atoms with Gasteiger partial charge in [-0.05, 0) is 99.8 Å². The summed E-state index contributed by atoms with van der Waals surface area (Å²) in [7, 11) is 3.35. The number of alkyl halides is 1.